The highest BCUT2D eigenvalue weighted by molar-refractivity contribution is 7.91. The number of hydrogen-bond donors (Lipinski definition) is 2. The molecule has 0 amide bonds. The number of nitrogen functional groups attached to an aromatic ring is 1. The SMILES string of the molecule is Nc1cccc(Nc2nc3ccccc3nc2S(=O)(=O)c2ccc([N+](=O)[O-])cc2)c1. The number of para-hydroxylation sites is 2. The molecule has 0 aliphatic carbocycles. The monoisotopic (exact) mass is 421 g/mol. The van der Waals surface area contributed by atoms with E-state index in [9.17, 15) is 18.5 Å². The summed E-state index contributed by atoms with van der Waals surface area (Å²) in [7, 11) is -4.12. The fourth-order valence-electron chi connectivity index (χ4n) is 2.86. The molecule has 0 atom stereocenters. The fourth-order valence-corrected chi connectivity index (χ4v) is 4.15. The first-order valence-corrected chi connectivity index (χ1v) is 10.2. The summed E-state index contributed by atoms with van der Waals surface area (Å²) < 4.78 is 26.6. The van der Waals surface area contributed by atoms with E-state index < -0.39 is 14.8 Å². The number of fused-ring (bicyclic) bond motifs is 1. The molecule has 0 aliphatic rings. The van der Waals surface area contributed by atoms with Crippen molar-refractivity contribution in [2.45, 2.75) is 9.92 Å². The van der Waals surface area contributed by atoms with E-state index in [1.807, 2.05) is 0 Å². The lowest BCUT2D eigenvalue weighted by molar-refractivity contribution is -0.384. The summed E-state index contributed by atoms with van der Waals surface area (Å²) in [6, 6.07) is 18.3. The first kappa shape index (κ1) is 19.3. The van der Waals surface area contributed by atoms with E-state index in [2.05, 4.69) is 15.3 Å². The van der Waals surface area contributed by atoms with Crippen molar-refractivity contribution in [1.82, 2.24) is 9.97 Å². The number of nitrogens with two attached hydrogens (primary N) is 1. The quantitative estimate of drug-likeness (QED) is 0.282. The van der Waals surface area contributed by atoms with E-state index >= 15 is 0 Å². The van der Waals surface area contributed by atoms with Crippen molar-refractivity contribution in [1.29, 1.82) is 0 Å². The molecule has 0 aliphatic heterocycles. The van der Waals surface area contributed by atoms with E-state index in [1.165, 1.54) is 12.1 Å². The lowest BCUT2D eigenvalue weighted by atomic mass is 10.3. The van der Waals surface area contributed by atoms with Crippen LogP contribution in [-0.4, -0.2) is 23.3 Å². The Labute approximate surface area is 171 Å². The van der Waals surface area contributed by atoms with Crippen molar-refractivity contribution in [2.75, 3.05) is 11.1 Å². The van der Waals surface area contributed by atoms with Gasteiger partial charge < -0.3 is 11.1 Å². The molecule has 4 aromatic rings. The van der Waals surface area contributed by atoms with Crippen LogP contribution >= 0.6 is 0 Å². The van der Waals surface area contributed by atoms with Gasteiger partial charge in [0.1, 0.15) is 0 Å². The van der Waals surface area contributed by atoms with Gasteiger partial charge in [-0.25, -0.2) is 18.4 Å². The minimum absolute atomic E-state index is 0.0256. The Hall–Kier alpha value is -4.05. The van der Waals surface area contributed by atoms with Gasteiger partial charge in [0.25, 0.3) is 5.69 Å². The first-order valence-electron chi connectivity index (χ1n) is 8.73. The molecule has 3 aromatic carbocycles. The van der Waals surface area contributed by atoms with Crippen LogP contribution in [0.2, 0.25) is 0 Å². The summed E-state index contributed by atoms with van der Waals surface area (Å²) in [5.74, 6) is 0.0256. The number of rotatable bonds is 5. The Morgan fingerprint density at radius 1 is 0.900 bits per heavy atom. The Morgan fingerprint density at radius 3 is 2.20 bits per heavy atom. The van der Waals surface area contributed by atoms with Gasteiger partial charge in [-0.05, 0) is 42.5 Å². The van der Waals surface area contributed by atoms with Crippen molar-refractivity contribution in [3.63, 3.8) is 0 Å². The highest BCUT2D eigenvalue weighted by atomic mass is 32.2. The van der Waals surface area contributed by atoms with Crippen molar-refractivity contribution in [3.8, 4) is 0 Å². The van der Waals surface area contributed by atoms with E-state index in [4.69, 9.17) is 5.73 Å². The van der Waals surface area contributed by atoms with Gasteiger partial charge >= 0.3 is 0 Å². The van der Waals surface area contributed by atoms with Crippen LogP contribution in [0.1, 0.15) is 0 Å². The highest BCUT2D eigenvalue weighted by Crippen LogP contribution is 2.30. The number of anilines is 3. The smallest absolute Gasteiger partial charge is 0.269 e. The average Bonchev–Trinajstić information content (AvgIpc) is 2.73. The normalized spacial score (nSPS) is 11.3. The average molecular weight is 421 g/mol. The predicted octanol–water partition coefficient (Wildman–Crippen LogP) is 3.70. The van der Waals surface area contributed by atoms with Crippen molar-refractivity contribution >= 4 is 43.8 Å². The molecule has 4 rings (SSSR count). The predicted molar refractivity (Wildman–Crippen MR) is 112 cm³/mol. The van der Waals surface area contributed by atoms with Crippen LogP contribution in [0.25, 0.3) is 11.0 Å². The molecule has 10 heteroatoms. The molecular weight excluding hydrogens is 406 g/mol. The van der Waals surface area contributed by atoms with Gasteiger partial charge in [-0.1, -0.05) is 18.2 Å². The highest BCUT2D eigenvalue weighted by Gasteiger charge is 2.26. The lowest BCUT2D eigenvalue weighted by Gasteiger charge is -2.13. The molecule has 0 saturated heterocycles. The number of aromatic nitrogens is 2. The lowest BCUT2D eigenvalue weighted by Crippen LogP contribution is -2.10. The Morgan fingerprint density at radius 2 is 1.57 bits per heavy atom. The second-order valence-electron chi connectivity index (χ2n) is 6.37. The van der Waals surface area contributed by atoms with E-state index in [-0.39, 0.29) is 21.4 Å². The van der Waals surface area contributed by atoms with Gasteiger partial charge in [0.15, 0.2) is 5.82 Å². The minimum Gasteiger partial charge on any atom is -0.399 e. The molecular formula is C20H15N5O4S. The molecule has 0 unspecified atom stereocenters. The van der Waals surface area contributed by atoms with Crippen LogP contribution in [0, 0.1) is 10.1 Å². The first-order chi connectivity index (χ1) is 14.3. The van der Waals surface area contributed by atoms with Gasteiger partial charge in [0.05, 0.1) is 20.9 Å². The Kier molecular flexibility index (Phi) is 4.76. The third-order valence-corrected chi connectivity index (χ3v) is 5.99. The molecule has 0 bridgehead atoms. The zero-order valence-corrected chi connectivity index (χ0v) is 16.2. The van der Waals surface area contributed by atoms with Gasteiger partial charge in [-0.15, -0.1) is 0 Å². The van der Waals surface area contributed by atoms with Gasteiger partial charge in [0, 0.05) is 23.5 Å². The summed E-state index contributed by atoms with van der Waals surface area (Å²) >= 11 is 0. The van der Waals surface area contributed by atoms with Crippen LogP contribution in [0.4, 0.5) is 22.9 Å². The zero-order chi connectivity index (χ0) is 21.3. The second kappa shape index (κ2) is 7.41. The van der Waals surface area contributed by atoms with E-state index in [0.717, 1.165) is 12.1 Å². The van der Waals surface area contributed by atoms with Crippen LogP contribution in [-0.2, 0) is 9.84 Å². The molecule has 1 heterocycles. The number of nitro benzene ring substituents is 1. The number of sulfone groups is 1. The number of nitrogens with zero attached hydrogens (tertiary/aromatic N) is 3. The van der Waals surface area contributed by atoms with Gasteiger partial charge in [-0.2, -0.15) is 0 Å². The van der Waals surface area contributed by atoms with Crippen LogP contribution in [0.3, 0.4) is 0 Å². The molecule has 1 aromatic heterocycles. The van der Waals surface area contributed by atoms with E-state index in [0.29, 0.717) is 22.4 Å². The molecule has 0 radical (unpaired) electrons. The number of non-ortho nitro benzene ring substituents is 1. The van der Waals surface area contributed by atoms with E-state index in [1.54, 1.807) is 48.5 Å². The third kappa shape index (κ3) is 3.63. The summed E-state index contributed by atoms with van der Waals surface area (Å²) in [6.45, 7) is 0. The number of nitro groups is 1. The summed E-state index contributed by atoms with van der Waals surface area (Å²) in [5.41, 5.74) is 7.54. The van der Waals surface area contributed by atoms with Crippen LogP contribution in [0.5, 0.6) is 0 Å². The van der Waals surface area contributed by atoms with Gasteiger partial charge in [0.2, 0.25) is 14.9 Å². The second-order valence-corrected chi connectivity index (χ2v) is 8.24. The molecule has 150 valence electrons. The molecule has 0 saturated carbocycles. The molecule has 0 spiro atoms. The Balaban J connectivity index is 1.88. The maximum absolute atomic E-state index is 13.3. The molecule has 0 fully saturated rings. The molecule has 30 heavy (non-hydrogen) atoms. The number of nitrogens with one attached hydrogen (secondary N) is 1. The largest absolute Gasteiger partial charge is 0.399 e. The van der Waals surface area contributed by atoms with Crippen LogP contribution in [0.15, 0.2) is 82.7 Å². The summed E-state index contributed by atoms with van der Waals surface area (Å²) in [4.78, 5) is 18.9. The summed E-state index contributed by atoms with van der Waals surface area (Å²) in [5, 5.41) is 13.6. The maximum Gasteiger partial charge on any atom is 0.269 e. The minimum atomic E-state index is -4.12. The third-order valence-electron chi connectivity index (χ3n) is 4.30. The fraction of sp³-hybridized carbons (Fsp3) is 0. The number of benzene rings is 3. The van der Waals surface area contributed by atoms with Crippen molar-refractivity contribution < 1.29 is 13.3 Å². The Bertz CT molecular complexity index is 1370. The van der Waals surface area contributed by atoms with Crippen LogP contribution < -0.4 is 11.1 Å². The van der Waals surface area contributed by atoms with Crippen molar-refractivity contribution in [3.05, 3.63) is 82.9 Å². The zero-order valence-electron chi connectivity index (χ0n) is 15.4. The number of hydrogen-bond acceptors (Lipinski definition) is 8. The standard InChI is InChI=1S/C20H15N5O4S/c21-13-4-3-5-14(12-13)22-19-20(24-18-7-2-1-6-17(18)23-19)30(28,29)16-10-8-15(9-11-16)25(26)27/h1-12H,21H2,(H,22,23). The van der Waals surface area contributed by atoms with Crippen molar-refractivity contribution in [2.24, 2.45) is 0 Å². The molecule has 3 N–H and O–H groups in total. The topological polar surface area (TPSA) is 141 Å². The summed E-state index contributed by atoms with van der Waals surface area (Å²) in [6.07, 6.45) is 0. The molecule has 9 nitrogen and oxygen atoms in total. The maximum atomic E-state index is 13.3. The van der Waals surface area contributed by atoms with Gasteiger partial charge in [-0.3, -0.25) is 10.1 Å².